The summed E-state index contributed by atoms with van der Waals surface area (Å²) in [6, 6.07) is 6.84. The first-order valence-electron chi connectivity index (χ1n) is 8.07. The Morgan fingerprint density at radius 2 is 1.71 bits per heavy atom. The molecular weight excluding hydrogens is 321 g/mol. The lowest BCUT2D eigenvalue weighted by Gasteiger charge is -2.39. The van der Waals surface area contributed by atoms with E-state index in [1.807, 2.05) is 18.7 Å². The van der Waals surface area contributed by atoms with Crippen LogP contribution in [0.5, 0.6) is 5.75 Å². The van der Waals surface area contributed by atoms with Gasteiger partial charge in [0.15, 0.2) is 6.61 Å². The first-order chi connectivity index (χ1) is 11.2. The fourth-order valence-corrected chi connectivity index (χ4v) is 2.80. The average Bonchev–Trinajstić information content (AvgIpc) is 2.53. The Labute approximate surface area is 140 Å². The lowest BCUT2D eigenvalue weighted by atomic mass is 9.94. The first-order valence-corrected chi connectivity index (χ1v) is 8.07. The maximum Gasteiger partial charge on any atom is 0.422 e. The van der Waals surface area contributed by atoms with Crippen LogP contribution in [0.25, 0.3) is 0 Å². The van der Waals surface area contributed by atoms with Gasteiger partial charge in [-0.15, -0.1) is 0 Å². The molecule has 0 aromatic heterocycles. The molecule has 0 bridgehead atoms. The fraction of sp³-hybridized carbons (Fsp3) is 0.647. The van der Waals surface area contributed by atoms with Gasteiger partial charge in [-0.3, -0.25) is 4.90 Å². The van der Waals surface area contributed by atoms with Gasteiger partial charge in [-0.1, -0.05) is 26.0 Å². The number of rotatable bonds is 6. The highest BCUT2D eigenvalue weighted by molar-refractivity contribution is 5.58. The van der Waals surface area contributed by atoms with E-state index >= 15 is 0 Å². The molecule has 24 heavy (non-hydrogen) atoms. The highest BCUT2D eigenvalue weighted by atomic mass is 19.4. The normalized spacial score (nSPS) is 17.2. The van der Waals surface area contributed by atoms with Gasteiger partial charge in [-0.2, -0.15) is 13.2 Å². The number of aliphatic hydroxyl groups excluding tert-OH is 1. The van der Waals surface area contributed by atoms with Gasteiger partial charge in [-0.05, 0) is 12.1 Å². The van der Waals surface area contributed by atoms with Crippen molar-refractivity contribution in [2.24, 2.45) is 5.41 Å². The van der Waals surface area contributed by atoms with Gasteiger partial charge in [0, 0.05) is 44.7 Å². The van der Waals surface area contributed by atoms with Crippen LogP contribution in [0.15, 0.2) is 24.3 Å². The number of para-hydroxylation sites is 2. The third kappa shape index (κ3) is 5.56. The molecule has 0 amide bonds. The molecule has 0 spiro atoms. The number of hydrogen-bond donors (Lipinski definition) is 1. The van der Waals surface area contributed by atoms with E-state index in [4.69, 9.17) is 4.74 Å². The molecule has 1 aliphatic rings. The second-order valence-electron chi connectivity index (χ2n) is 6.96. The summed E-state index contributed by atoms with van der Waals surface area (Å²) in [6.07, 6.45) is -4.35. The molecule has 1 saturated heterocycles. The summed E-state index contributed by atoms with van der Waals surface area (Å²) in [7, 11) is 0. The zero-order valence-corrected chi connectivity index (χ0v) is 14.1. The third-order valence-corrected chi connectivity index (χ3v) is 4.05. The number of piperazine rings is 1. The van der Waals surface area contributed by atoms with Crippen molar-refractivity contribution in [2.75, 3.05) is 50.8 Å². The van der Waals surface area contributed by atoms with E-state index in [9.17, 15) is 18.3 Å². The summed E-state index contributed by atoms with van der Waals surface area (Å²) in [5.74, 6) is 0.263. The van der Waals surface area contributed by atoms with E-state index in [1.165, 1.54) is 0 Å². The van der Waals surface area contributed by atoms with E-state index < -0.39 is 12.8 Å². The Morgan fingerprint density at radius 1 is 1.08 bits per heavy atom. The smallest absolute Gasteiger partial charge is 0.422 e. The average molecular weight is 346 g/mol. The van der Waals surface area contributed by atoms with Crippen LogP contribution in [0.4, 0.5) is 18.9 Å². The molecule has 7 heteroatoms. The first kappa shape index (κ1) is 18.9. The molecule has 1 aromatic rings. The Kier molecular flexibility index (Phi) is 5.98. The van der Waals surface area contributed by atoms with E-state index in [0.29, 0.717) is 18.8 Å². The summed E-state index contributed by atoms with van der Waals surface area (Å²) < 4.78 is 42.1. The third-order valence-electron chi connectivity index (χ3n) is 4.05. The molecule has 0 unspecified atom stereocenters. The summed E-state index contributed by atoms with van der Waals surface area (Å²) in [5, 5.41) is 9.37. The molecule has 1 aromatic carbocycles. The highest BCUT2D eigenvalue weighted by Gasteiger charge is 2.30. The predicted octanol–water partition coefficient (Wildman–Crippen LogP) is 2.77. The summed E-state index contributed by atoms with van der Waals surface area (Å²) >= 11 is 0. The monoisotopic (exact) mass is 346 g/mol. The minimum atomic E-state index is -4.35. The molecule has 0 aliphatic carbocycles. The van der Waals surface area contributed by atoms with Crippen LogP contribution < -0.4 is 9.64 Å². The van der Waals surface area contributed by atoms with Crippen molar-refractivity contribution in [2.45, 2.75) is 20.0 Å². The fourth-order valence-electron chi connectivity index (χ4n) is 2.80. The van der Waals surface area contributed by atoms with Gasteiger partial charge in [0.25, 0.3) is 0 Å². The van der Waals surface area contributed by atoms with Crippen molar-refractivity contribution in [1.82, 2.24) is 4.90 Å². The molecule has 1 aliphatic heterocycles. The second kappa shape index (κ2) is 7.61. The van der Waals surface area contributed by atoms with Gasteiger partial charge < -0.3 is 14.7 Å². The number of hydrogen-bond acceptors (Lipinski definition) is 4. The standard InChI is InChI=1S/C17H25F3N2O2/c1-16(2,12-23)11-21-7-9-22(10-8-21)14-5-3-4-6-15(14)24-13-17(18,19)20/h3-6,23H,7-13H2,1-2H3. The molecular formula is C17H25F3N2O2. The van der Waals surface area contributed by atoms with E-state index in [1.54, 1.807) is 24.3 Å². The zero-order valence-electron chi connectivity index (χ0n) is 14.1. The topological polar surface area (TPSA) is 35.9 Å². The lowest BCUT2D eigenvalue weighted by Crippen LogP contribution is -2.49. The predicted molar refractivity (Wildman–Crippen MR) is 87.5 cm³/mol. The van der Waals surface area contributed by atoms with Crippen LogP contribution in [0.1, 0.15) is 13.8 Å². The lowest BCUT2D eigenvalue weighted by molar-refractivity contribution is -0.153. The number of ether oxygens (including phenoxy) is 1. The molecule has 4 nitrogen and oxygen atoms in total. The van der Waals surface area contributed by atoms with Gasteiger partial charge in [0.2, 0.25) is 0 Å². The number of nitrogens with zero attached hydrogens (tertiary/aromatic N) is 2. The summed E-state index contributed by atoms with van der Waals surface area (Å²) in [4.78, 5) is 4.32. The number of halogens is 3. The maximum absolute atomic E-state index is 12.4. The van der Waals surface area contributed by atoms with Gasteiger partial charge in [-0.25, -0.2) is 0 Å². The maximum atomic E-state index is 12.4. The van der Waals surface area contributed by atoms with Crippen molar-refractivity contribution in [3.63, 3.8) is 0 Å². The van der Waals surface area contributed by atoms with Crippen molar-refractivity contribution >= 4 is 5.69 Å². The van der Waals surface area contributed by atoms with E-state index in [0.717, 1.165) is 19.6 Å². The zero-order chi connectivity index (χ0) is 17.8. The quantitative estimate of drug-likeness (QED) is 0.859. The summed E-state index contributed by atoms with van der Waals surface area (Å²) in [6.45, 7) is 6.70. The Hall–Kier alpha value is -1.47. The largest absolute Gasteiger partial charge is 0.482 e. The number of aliphatic hydroxyl groups is 1. The van der Waals surface area contributed by atoms with E-state index in [-0.39, 0.29) is 17.8 Å². The highest BCUT2D eigenvalue weighted by Crippen LogP contribution is 2.30. The molecule has 136 valence electrons. The molecule has 0 atom stereocenters. The van der Waals surface area contributed by atoms with Gasteiger partial charge in [0.1, 0.15) is 5.75 Å². The molecule has 0 radical (unpaired) electrons. The van der Waals surface area contributed by atoms with Crippen LogP contribution in [0, 0.1) is 5.41 Å². The SMILES string of the molecule is CC(C)(CO)CN1CCN(c2ccccc2OCC(F)(F)F)CC1. The van der Waals surface area contributed by atoms with Crippen LogP contribution in [-0.2, 0) is 0 Å². The van der Waals surface area contributed by atoms with Crippen LogP contribution in [0.3, 0.4) is 0 Å². The number of benzene rings is 1. The van der Waals surface area contributed by atoms with Crippen molar-refractivity contribution in [3.8, 4) is 5.75 Å². The Morgan fingerprint density at radius 3 is 2.29 bits per heavy atom. The van der Waals surface area contributed by atoms with Gasteiger partial charge >= 0.3 is 6.18 Å². The van der Waals surface area contributed by atoms with Crippen molar-refractivity contribution < 1.29 is 23.0 Å². The van der Waals surface area contributed by atoms with Gasteiger partial charge in [0.05, 0.1) is 5.69 Å². The number of alkyl halides is 3. The van der Waals surface area contributed by atoms with Crippen LogP contribution >= 0.6 is 0 Å². The van der Waals surface area contributed by atoms with Crippen LogP contribution in [-0.4, -0.2) is 62.1 Å². The van der Waals surface area contributed by atoms with Crippen LogP contribution in [0.2, 0.25) is 0 Å². The molecule has 2 rings (SSSR count). The van der Waals surface area contributed by atoms with Crippen molar-refractivity contribution in [3.05, 3.63) is 24.3 Å². The van der Waals surface area contributed by atoms with Crippen molar-refractivity contribution in [1.29, 1.82) is 0 Å². The molecule has 1 fully saturated rings. The number of anilines is 1. The minimum Gasteiger partial charge on any atom is -0.482 e. The Bertz CT molecular complexity index is 527. The molecule has 0 saturated carbocycles. The minimum absolute atomic E-state index is 0.126. The summed E-state index contributed by atoms with van der Waals surface area (Å²) in [5.41, 5.74) is 0.540. The molecule has 1 heterocycles. The van der Waals surface area contributed by atoms with E-state index in [2.05, 4.69) is 4.90 Å². The Balaban J connectivity index is 1.97. The second-order valence-corrected chi connectivity index (χ2v) is 6.96. The molecule has 1 N–H and O–H groups in total.